The maximum Gasteiger partial charge on any atom is 0.305 e. The van der Waals surface area contributed by atoms with Crippen molar-refractivity contribution >= 4 is 11.9 Å². The van der Waals surface area contributed by atoms with Gasteiger partial charge in [0.05, 0.1) is 6.42 Å². The number of benzene rings is 1. The second kappa shape index (κ2) is 5.90. The van der Waals surface area contributed by atoms with E-state index in [0.29, 0.717) is 17.1 Å². The van der Waals surface area contributed by atoms with Gasteiger partial charge in [0.15, 0.2) is 0 Å². The summed E-state index contributed by atoms with van der Waals surface area (Å²) in [6.07, 6.45) is 2.97. The first kappa shape index (κ1) is 12.9. The Bertz CT molecular complexity index is 572. The van der Waals surface area contributed by atoms with Crippen LogP contribution in [0.15, 0.2) is 36.7 Å². The molecule has 0 amide bonds. The van der Waals surface area contributed by atoms with Gasteiger partial charge in [-0.25, -0.2) is 14.4 Å². The molecule has 0 bridgehead atoms. The number of hydrogen-bond acceptors (Lipinski definition) is 4. The molecule has 2 N–H and O–H groups in total. The highest BCUT2D eigenvalue weighted by molar-refractivity contribution is 5.67. The molecule has 0 unspecified atom stereocenters. The van der Waals surface area contributed by atoms with Crippen molar-refractivity contribution < 1.29 is 14.3 Å². The Balaban J connectivity index is 2.06. The molecule has 0 saturated heterocycles. The van der Waals surface area contributed by atoms with E-state index in [2.05, 4.69) is 15.3 Å². The number of nitrogens with zero attached hydrogens (tertiary/aromatic N) is 2. The number of carbonyl (C=O) groups is 1. The fourth-order valence-corrected chi connectivity index (χ4v) is 1.53. The first-order chi connectivity index (χ1) is 9.16. The molecule has 0 atom stereocenters. The van der Waals surface area contributed by atoms with Crippen molar-refractivity contribution in [2.24, 2.45) is 0 Å². The van der Waals surface area contributed by atoms with Gasteiger partial charge in [0.1, 0.15) is 5.82 Å². The molecule has 0 radical (unpaired) electrons. The van der Waals surface area contributed by atoms with E-state index < -0.39 is 5.97 Å². The lowest BCUT2D eigenvalue weighted by Crippen LogP contribution is -2.09. The van der Waals surface area contributed by atoms with Crippen molar-refractivity contribution in [1.82, 2.24) is 9.97 Å². The van der Waals surface area contributed by atoms with Crippen LogP contribution in [0.3, 0.4) is 0 Å². The van der Waals surface area contributed by atoms with Crippen molar-refractivity contribution in [2.75, 3.05) is 11.9 Å². The number of carboxylic acid groups (broad SMARTS) is 1. The minimum Gasteiger partial charge on any atom is -0.481 e. The normalized spacial score (nSPS) is 10.2. The van der Waals surface area contributed by atoms with Crippen LogP contribution in [0.2, 0.25) is 0 Å². The summed E-state index contributed by atoms with van der Waals surface area (Å²) in [7, 11) is 0. The van der Waals surface area contributed by atoms with Gasteiger partial charge in [-0.1, -0.05) is 18.2 Å². The van der Waals surface area contributed by atoms with Crippen molar-refractivity contribution in [1.29, 1.82) is 0 Å². The molecule has 0 spiro atoms. The first-order valence-electron chi connectivity index (χ1n) is 5.69. The number of rotatable bonds is 5. The standard InChI is InChI=1S/C13H12FN3O2/c14-11-4-2-1-3-10(11)9-7-16-13(17-8-9)15-6-5-12(18)19/h1-4,7-8H,5-6H2,(H,18,19)(H,15,16,17). The molecule has 1 heterocycles. The van der Waals surface area contributed by atoms with E-state index in [4.69, 9.17) is 5.11 Å². The molecule has 0 aliphatic heterocycles. The zero-order valence-electron chi connectivity index (χ0n) is 10.0. The highest BCUT2D eigenvalue weighted by Gasteiger charge is 2.05. The first-order valence-corrected chi connectivity index (χ1v) is 5.69. The Hall–Kier alpha value is -2.50. The quantitative estimate of drug-likeness (QED) is 0.862. The SMILES string of the molecule is O=C(O)CCNc1ncc(-c2ccccc2F)cn1. The molecule has 2 aromatic rings. The fourth-order valence-electron chi connectivity index (χ4n) is 1.53. The Morgan fingerprint density at radius 3 is 2.58 bits per heavy atom. The smallest absolute Gasteiger partial charge is 0.305 e. The number of aliphatic carboxylic acids is 1. The molecule has 1 aromatic heterocycles. The Kier molecular flexibility index (Phi) is 4.02. The Morgan fingerprint density at radius 2 is 1.95 bits per heavy atom. The number of hydrogen-bond donors (Lipinski definition) is 2. The van der Waals surface area contributed by atoms with Gasteiger partial charge in [-0.3, -0.25) is 4.79 Å². The zero-order valence-corrected chi connectivity index (χ0v) is 10.0. The average molecular weight is 261 g/mol. The van der Waals surface area contributed by atoms with Gasteiger partial charge in [0.25, 0.3) is 0 Å². The highest BCUT2D eigenvalue weighted by atomic mass is 19.1. The summed E-state index contributed by atoms with van der Waals surface area (Å²) in [6, 6.07) is 6.36. The predicted octanol–water partition coefficient (Wildman–Crippen LogP) is 2.17. The third-order valence-electron chi connectivity index (χ3n) is 2.46. The molecule has 0 aliphatic carbocycles. The molecule has 2 rings (SSSR count). The summed E-state index contributed by atoms with van der Waals surface area (Å²) in [4.78, 5) is 18.4. The molecule has 19 heavy (non-hydrogen) atoms. The van der Waals surface area contributed by atoms with E-state index >= 15 is 0 Å². The monoisotopic (exact) mass is 261 g/mol. The molecule has 5 nitrogen and oxygen atoms in total. The summed E-state index contributed by atoms with van der Waals surface area (Å²) >= 11 is 0. The molecule has 6 heteroatoms. The lowest BCUT2D eigenvalue weighted by atomic mass is 10.1. The average Bonchev–Trinajstić information content (AvgIpc) is 2.40. The second-order valence-corrected chi connectivity index (χ2v) is 3.85. The third-order valence-corrected chi connectivity index (χ3v) is 2.46. The summed E-state index contributed by atoms with van der Waals surface area (Å²) < 4.78 is 13.5. The third kappa shape index (κ3) is 3.48. The molecular weight excluding hydrogens is 249 g/mol. The van der Waals surface area contributed by atoms with Crippen LogP contribution in [0.1, 0.15) is 6.42 Å². The number of carboxylic acids is 1. The van der Waals surface area contributed by atoms with Crippen molar-refractivity contribution in [3.63, 3.8) is 0 Å². The van der Waals surface area contributed by atoms with Crippen LogP contribution in [-0.2, 0) is 4.79 Å². The summed E-state index contributed by atoms with van der Waals surface area (Å²) in [5.74, 6) is -0.908. The van der Waals surface area contributed by atoms with Crippen LogP contribution in [0.5, 0.6) is 0 Å². The van der Waals surface area contributed by atoms with Crippen LogP contribution in [-0.4, -0.2) is 27.6 Å². The van der Waals surface area contributed by atoms with E-state index in [1.54, 1.807) is 18.2 Å². The maximum atomic E-state index is 13.5. The predicted molar refractivity (Wildman–Crippen MR) is 68.2 cm³/mol. The molecular formula is C13H12FN3O2. The summed E-state index contributed by atoms with van der Waals surface area (Å²) in [6.45, 7) is 0.244. The molecule has 0 saturated carbocycles. The largest absolute Gasteiger partial charge is 0.481 e. The van der Waals surface area contributed by atoms with Crippen molar-refractivity contribution in [2.45, 2.75) is 6.42 Å². The van der Waals surface area contributed by atoms with Crippen LogP contribution < -0.4 is 5.32 Å². The minimum atomic E-state index is -0.893. The van der Waals surface area contributed by atoms with Crippen molar-refractivity contribution in [3.8, 4) is 11.1 Å². The van der Waals surface area contributed by atoms with Gasteiger partial charge in [-0.2, -0.15) is 0 Å². The van der Waals surface area contributed by atoms with E-state index in [1.165, 1.54) is 18.5 Å². The fraction of sp³-hybridized carbons (Fsp3) is 0.154. The topological polar surface area (TPSA) is 75.1 Å². The second-order valence-electron chi connectivity index (χ2n) is 3.85. The van der Waals surface area contributed by atoms with E-state index in [1.807, 2.05) is 0 Å². The Labute approximate surface area is 109 Å². The van der Waals surface area contributed by atoms with Crippen LogP contribution in [0.4, 0.5) is 10.3 Å². The van der Waals surface area contributed by atoms with E-state index in [-0.39, 0.29) is 18.8 Å². The van der Waals surface area contributed by atoms with Crippen LogP contribution in [0.25, 0.3) is 11.1 Å². The number of nitrogens with one attached hydrogen (secondary N) is 1. The number of anilines is 1. The van der Waals surface area contributed by atoms with Crippen molar-refractivity contribution in [3.05, 3.63) is 42.5 Å². The summed E-state index contributed by atoms with van der Waals surface area (Å²) in [5.41, 5.74) is 1.00. The van der Waals surface area contributed by atoms with Crippen LogP contribution in [0, 0.1) is 5.82 Å². The van der Waals surface area contributed by atoms with Gasteiger partial charge in [0.2, 0.25) is 5.95 Å². The van der Waals surface area contributed by atoms with Gasteiger partial charge < -0.3 is 10.4 Å². The zero-order chi connectivity index (χ0) is 13.7. The molecule has 1 aromatic carbocycles. The van der Waals surface area contributed by atoms with Crippen LogP contribution >= 0.6 is 0 Å². The van der Waals surface area contributed by atoms with Gasteiger partial charge >= 0.3 is 5.97 Å². The van der Waals surface area contributed by atoms with Gasteiger partial charge in [-0.05, 0) is 6.07 Å². The highest BCUT2D eigenvalue weighted by Crippen LogP contribution is 2.21. The lowest BCUT2D eigenvalue weighted by molar-refractivity contribution is -0.136. The number of halogens is 1. The van der Waals surface area contributed by atoms with Gasteiger partial charge in [-0.15, -0.1) is 0 Å². The molecule has 0 aliphatic rings. The maximum absolute atomic E-state index is 13.5. The van der Waals surface area contributed by atoms with E-state index in [0.717, 1.165) is 0 Å². The van der Waals surface area contributed by atoms with E-state index in [9.17, 15) is 9.18 Å². The summed E-state index contributed by atoms with van der Waals surface area (Å²) in [5, 5.41) is 11.3. The minimum absolute atomic E-state index is 0.0155. The Morgan fingerprint density at radius 1 is 1.26 bits per heavy atom. The molecule has 0 fully saturated rings. The lowest BCUT2D eigenvalue weighted by Gasteiger charge is -2.05. The van der Waals surface area contributed by atoms with Gasteiger partial charge in [0, 0.05) is 30.1 Å². The molecule has 98 valence electrons. The number of aromatic nitrogens is 2.